The normalized spacial score (nSPS) is 19.6. The summed E-state index contributed by atoms with van der Waals surface area (Å²) in [6.07, 6.45) is 6.27. The van der Waals surface area contributed by atoms with E-state index in [-0.39, 0.29) is 24.5 Å². The number of fused-ring (bicyclic) bond motifs is 1. The van der Waals surface area contributed by atoms with E-state index < -0.39 is 19.8 Å². The molecule has 2 unspecified atom stereocenters. The number of aromatic nitrogens is 4. The quantitative estimate of drug-likeness (QED) is 0.206. The van der Waals surface area contributed by atoms with Gasteiger partial charge in [-0.3, -0.25) is 9.32 Å². The van der Waals surface area contributed by atoms with Crippen molar-refractivity contribution >= 4 is 46.8 Å². The molecule has 2 heterocycles. The molecule has 0 spiro atoms. The number of benzene rings is 1. The molecular formula is C23H28BrN6O6P. The van der Waals surface area contributed by atoms with Gasteiger partial charge in [-0.05, 0) is 44.7 Å². The van der Waals surface area contributed by atoms with Crippen LogP contribution in [0.5, 0.6) is 11.6 Å². The number of nitrogens with two attached hydrogens (primary N) is 1. The maximum absolute atomic E-state index is 14.0. The molecule has 0 saturated carbocycles. The topological polar surface area (TPSA) is 144 Å². The number of imidazole rings is 1. The number of ether oxygens (including phenoxy) is 2. The van der Waals surface area contributed by atoms with Crippen LogP contribution in [-0.4, -0.2) is 64.1 Å². The number of methoxy groups -OCH3 is 2. The Bertz CT molecular complexity index is 1350. The molecular weight excluding hydrogens is 567 g/mol. The monoisotopic (exact) mass is 594 g/mol. The number of likely N-dealkylation sites (N-methyl/N-ethyl adjacent to an activating group) is 1. The summed E-state index contributed by atoms with van der Waals surface area (Å²) >= 11 is 3.37. The van der Waals surface area contributed by atoms with Gasteiger partial charge in [-0.25, -0.2) is 9.55 Å². The Hall–Kier alpha value is -2.99. The number of carbonyl (C=O) groups excluding carboxylic acids is 1. The van der Waals surface area contributed by atoms with Gasteiger partial charge < -0.3 is 24.3 Å². The molecule has 1 aliphatic carbocycles. The van der Waals surface area contributed by atoms with Gasteiger partial charge in [0, 0.05) is 10.4 Å². The van der Waals surface area contributed by atoms with Crippen molar-refractivity contribution in [2.45, 2.75) is 25.4 Å². The fourth-order valence-electron chi connectivity index (χ4n) is 3.91. The van der Waals surface area contributed by atoms with Gasteiger partial charge in [0.1, 0.15) is 11.8 Å². The molecule has 2 N–H and O–H groups in total. The van der Waals surface area contributed by atoms with Gasteiger partial charge in [-0.15, -0.1) is 0 Å². The Morgan fingerprint density at radius 1 is 1.27 bits per heavy atom. The Labute approximate surface area is 222 Å². The van der Waals surface area contributed by atoms with E-state index in [1.54, 1.807) is 37.5 Å². The summed E-state index contributed by atoms with van der Waals surface area (Å²) in [4.78, 5) is 24.9. The van der Waals surface area contributed by atoms with E-state index in [1.807, 2.05) is 16.7 Å². The number of carbonyl (C=O) groups is 1. The Morgan fingerprint density at radius 2 is 2.00 bits per heavy atom. The predicted octanol–water partition coefficient (Wildman–Crippen LogP) is 3.99. The van der Waals surface area contributed by atoms with Crippen LogP contribution in [0.4, 0.5) is 5.95 Å². The first kappa shape index (κ1) is 27.1. The molecule has 0 aliphatic heterocycles. The van der Waals surface area contributed by atoms with Gasteiger partial charge in [-0.1, -0.05) is 28.1 Å². The number of halogens is 1. The highest BCUT2D eigenvalue weighted by Gasteiger charge is 2.40. The van der Waals surface area contributed by atoms with Gasteiger partial charge >= 0.3 is 13.7 Å². The molecule has 3 aromatic rings. The van der Waals surface area contributed by atoms with Crippen molar-refractivity contribution in [3.63, 3.8) is 0 Å². The summed E-state index contributed by atoms with van der Waals surface area (Å²) in [7, 11) is 0.320. The van der Waals surface area contributed by atoms with Crippen LogP contribution in [0.3, 0.4) is 0 Å². The molecule has 198 valence electrons. The number of anilines is 1. The van der Waals surface area contributed by atoms with E-state index in [0.29, 0.717) is 29.2 Å². The van der Waals surface area contributed by atoms with Crippen molar-refractivity contribution in [1.29, 1.82) is 0 Å². The Morgan fingerprint density at radius 3 is 2.68 bits per heavy atom. The van der Waals surface area contributed by atoms with Gasteiger partial charge in [0.15, 0.2) is 11.2 Å². The lowest BCUT2D eigenvalue weighted by molar-refractivity contribution is -0.144. The van der Waals surface area contributed by atoms with Crippen LogP contribution in [0.1, 0.15) is 19.4 Å². The third-order valence-electron chi connectivity index (χ3n) is 6.08. The number of hydrogen-bond donors (Lipinski definition) is 1. The lowest BCUT2D eigenvalue weighted by atomic mass is 10.1. The summed E-state index contributed by atoms with van der Waals surface area (Å²) < 4.78 is 39.8. The number of hydrogen-bond acceptors (Lipinski definition) is 10. The molecule has 37 heavy (non-hydrogen) atoms. The first-order valence-corrected chi connectivity index (χ1v) is 13.7. The first-order valence-electron chi connectivity index (χ1n) is 11.4. The second kappa shape index (κ2) is 11.2. The summed E-state index contributed by atoms with van der Waals surface area (Å²) in [5, 5.41) is 0. The Kier molecular flexibility index (Phi) is 8.17. The molecule has 2 aromatic heterocycles. The molecule has 0 radical (unpaired) electrons. The SMILES string of the molecule is COC(=O)C(C)N(C)P(=O)(OC[C@@H]1C=C[C@H](n2cnc3c(OC)nc(N)nc32)C1)Oc1ccc(Br)cc1. The minimum Gasteiger partial charge on any atom is -0.479 e. The second-order valence-corrected chi connectivity index (χ2v) is 11.4. The number of allylic oxidation sites excluding steroid dienone is 1. The standard InChI is InChI=1S/C23H28BrN6O6P/c1-14(22(31)34-4)29(2)37(32,36-18-9-6-16(24)7-10-18)35-12-15-5-8-17(11-15)30-13-26-19-20(30)27-23(25)28-21(19)33-3/h5-10,13-15,17H,11-12H2,1-4H3,(H2,25,27,28)/t14?,15-,17+,37?/m1/s1. The molecule has 0 bridgehead atoms. The van der Waals surface area contributed by atoms with Crippen molar-refractivity contribution in [3.8, 4) is 11.6 Å². The highest BCUT2D eigenvalue weighted by Crippen LogP contribution is 2.53. The Balaban J connectivity index is 1.50. The van der Waals surface area contributed by atoms with E-state index >= 15 is 0 Å². The van der Waals surface area contributed by atoms with Crippen molar-refractivity contribution < 1.29 is 27.9 Å². The molecule has 1 aromatic carbocycles. The zero-order chi connectivity index (χ0) is 26.7. The molecule has 14 heteroatoms. The van der Waals surface area contributed by atoms with Crippen LogP contribution in [-0.2, 0) is 18.6 Å². The second-order valence-electron chi connectivity index (χ2n) is 8.45. The summed E-state index contributed by atoms with van der Waals surface area (Å²) in [5.74, 6) is 0.0764. The van der Waals surface area contributed by atoms with E-state index in [2.05, 4.69) is 30.9 Å². The number of rotatable bonds is 10. The number of nitrogen functional groups attached to an aromatic ring is 1. The third-order valence-corrected chi connectivity index (χ3v) is 8.65. The highest BCUT2D eigenvalue weighted by atomic mass is 79.9. The smallest absolute Gasteiger partial charge is 0.461 e. The molecule has 12 nitrogen and oxygen atoms in total. The highest BCUT2D eigenvalue weighted by molar-refractivity contribution is 9.10. The molecule has 4 rings (SSSR count). The summed E-state index contributed by atoms with van der Waals surface area (Å²) in [6.45, 7) is 1.66. The van der Waals surface area contributed by atoms with Crippen LogP contribution in [0, 0.1) is 5.92 Å². The van der Waals surface area contributed by atoms with Crippen LogP contribution >= 0.6 is 23.7 Å². The maximum Gasteiger partial charge on any atom is 0.461 e. The minimum atomic E-state index is -3.95. The molecule has 1 aliphatic rings. The van der Waals surface area contributed by atoms with Crippen LogP contribution in [0.15, 0.2) is 47.2 Å². The van der Waals surface area contributed by atoms with Crippen LogP contribution in [0.2, 0.25) is 0 Å². The molecule has 0 saturated heterocycles. The van der Waals surface area contributed by atoms with E-state index in [4.69, 9.17) is 24.3 Å². The van der Waals surface area contributed by atoms with E-state index in [9.17, 15) is 9.36 Å². The summed E-state index contributed by atoms with van der Waals surface area (Å²) in [6, 6.07) is 5.89. The largest absolute Gasteiger partial charge is 0.479 e. The third kappa shape index (κ3) is 5.80. The van der Waals surface area contributed by atoms with E-state index in [1.165, 1.54) is 25.9 Å². The van der Waals surface area contributed by atoms with Gasteiger partial charge in [0.2, 0.25) is 11.8 Å². The van der Waals surface area contributed by atoms with Crippen molar-refractivity contribution in [2.24, 2.45) is 5.92 Å². The summed E-state index contributed by atoms with van der Waals surface area (Å²) in [5.41, 5.74) is 6.90. The predicted molar refractivity (Wildman–Crippen MR) is 140 cm³/mol. The maximum atomic E-state index is 14.0. The number of esters is 1. The van der Waals surface area contributed by atoms with E-state index in [0.717, 1.165) is 4.47 Å². The average molecular weight is 595 g/mol. The molecule has 4 atom stereocenters. The van der Waals surface area contributed by atoms with Gasteiger partial charge in [0.25, 0.3) is 0 Å². The fourth-order valence-corrected chi connectivity index (χ4v) is 5.82. The molecule has 0 amide bonds. The zero-order valence-electron chi connectivity index (χ0n) is 20.8. The van der Waals surface area contributed by atoms with Gasteiger partial charge in [-0.2, -0.15) is 14.6 Å². The lowest BCUT2D eigenvalue weighted by Crippen LogP contribution is -2.36. The van der Waals surface area contributed by atoms with Crippen molar-refractivity contribution in [1.82, 2.24) is 24.2 Å². The average Bonchev–Trinajstić information content (AvgIpc) is 3.54. The van der Waals surface area contributed by atoms with Gasteiger partial charge in [0.05, 0.1) is 33.2 Å². The minimum absolute atomic E-state index is 0.0850. The first-order chi connectivity index (χ1) is 17.6. The lowest BCUT2D eigenvalue weighted by Gasteiger charge is -2.30. The zero-order valence-corrected chi connectivity index (χ0v) is 23.3. The van der Waals surface area contributed by atoms with Crippen LogP contribution < -0.4 is 15.0 Å². The fraction of sp³-hybridized carbons (Fsp3) is 0.391. The molecule has 0 fully saturated rings. The van der Waals surface area contributed by atoms with Crippen molar-refractivity contribution in [2.75, 3.05) is 33.6 Å². The number of nitrogens with zero attached hydrogens (tertiary/aromatic N) is 5. The van der Waals surface area contributed by atoms with Crippen molar-refractivity contribution in [3.05, 3.63) is 47.2 Å². The van der Waals surface area contributed by atoms with Crippen LogP contribution in [0.25, 0.3) is 11.2 Å².